The molecule has 0 saturated carbocycles. The molecule has 5 nitrogen and oxygen atoms in total. The highest BCUT2D eigenvalue weighted by Gasteiger charge is 2.34. The average molecular weight is 374 g/mol. The van der Waals surface area contributed by atoms with Crippen LogP contribution in [0.15, 0.2) is 35.5 Å². The lowest BCUT2D eigenvalue weighted by Gasteiger charge is -2.39. The molecule has 2 heterocycles. The van der Waals surface area contributed by atoms with E-state index >= 15 is 0 Å². The molecule has 0 aromatic heterocycles. The third-order valence-electron chi connectivity index (χ3n) is 4.64. The number of rotatable bonds is 5. The Hall–Kier alpha value is -0.820. The minimum absolute atomic E-state index is 0.473. The standard InChI is InChI=1S/C17H28ClN3O2S/c1-4-5-17(14-16(3)18)19-10-12-21(13-11-19)24(22,23)20-8-6-15(2)7-9-20/h4-5,14-15H,3,6-13H2,1-2H3/b5-4-,17-14+. The Balaban J connectivity index is 2.00. The van der Waals surface area contributed by atoms with Crippen molar-refractivity contribution in [1.29, 1.82) is 0 Å². The third-order valence-corrected chi connectivity index (χ3v) is 6.79. The molecule has 2 aliphatic heterocycles. The van der Waals surface area contributed by atoms with E-state index in [4.69, 9.17) is 11.6 Å². The molecule has 0 unspecified atom stereocenters. The van der Waals surface area contributed by atoms with E-state index in [0.717, 1.165) is 18.5 Å². The molecule has 0 bridgehead atoms. The van der Waals surface area contributed by atoms with Crippen molar-refractivity contribution in [1.82, 2.24) is 13.5 Å². The van der Waals surface area contributed by atoms with Gasteiger partial charge in [-0.2, -0.15) is 17.0 Å². The van der Waals surface area contributed by atoms with Gasteiger partial charge in [-0.1, -0.05) is 31.2 Å². The second-order valence-corrected chi connectivity index (χ2v) is 8.91. The lowest BCUT2D eigenvalue weighted by Crippen LogP contribution is -2.53. The van der Waals surface area contributed by atoms with Crippen molar-refractivity contribution in [2.45, 2.75) is 26.7 Å². The van der Waals surface area contributed by atoms with E-state index in [1.54, 1.807) is 8.61 Å². The summed E-state index contributed by atoms with van der Waals surface area (Å²) in [6.45, 7) is 11.4. The van der Waals surface area contributed by atoms with Crippen LogP contribution in [0.5, 0.6) is 0 Å². The highest BCUT2D eigenvalue weighted by atomic mass is 35.5. The Bertz CT molecular complexity index is 599. The van der Waals surface area contributed by atoms with Gasteiger partial charge >= 0.3 is 0 Å². The Morgan fingerprint density at radius 1 is 1.08 bits per heavy atom. The van der Waals surface area contributed by atoms with Crippen LogP contribution in [0, 0.1) is 5.92 Å². The van der Waals surface area contributed by atoms with E-state index in [1.807, 2.05) is 25.2 Å². The maximum atomic E-state index is 12.8. The van der Waals surface area contributed by atoms with E-state index in [0.29, 0.717) is 50.2 Å². The molecule has 24 heavy (non-hydrogen) atoms. The molecule has 2 aliphatic rings. The zero-order valence-corrected chi connectivity index (χ0v) is 16.2. The number of allylic oxidation sites excluding steroid dienone is 4. The number of nitrogens with zero attached hydrogens (tertiary/aromatic N) is 3. The van der Waals surface area contributed by atoms with Crippen molar-refractivity contribution in [3.63, 3.8) is 0 Å². The van der Waals surface area contributed by atoms with Crippen LogP contribution in [-0.4, -0.2) is 61.2 Å². The van der Waals surface area contributed by atoms with Crippen molar-refractivity contribution >= 4 is 21.8 Å². The average Bonchev–Trinajstić information content (AvgIpc) is 2.54. The zero-order valence-electron chi connectivity index (χ0n) is 14.6. The number of hydrogen-bond donors (Lipinski definition) is 0. The predicted molar refractivity (Wildman–Crippen MR) is 99.9 cm³/mol. The molecule has 0 aromatic carbocycles. The van der Waals surface area contributed by atoms with Crippen molar-refractivity contribution in [2.75, 3.05) is 39.3 Å². The molecule has 2 saturated heterocycles. The molecule has 0 amide bonds. The van der Waals surface area contributed by atoms with Gasteiger partial charge in [-0.3, -0.25) is 0 Å². The smallest absolute Gasteiger partial charge is 0.282 e. The van der Waals surface area contributed by atoms with Crippen LogP contribution in [0.4, 0.5) is 0 Å². The van der Waals surface area contributed by atoms with Crippen LogP contribution in [0.2, 0.25) is 0 Å². The highest BCUT2D eigenvalue weighted by Crippen LogP contribution is 2.22. The van der Waals surface area contributed by atoms with Gasteiger partial charge < -0.3 is 4.90 Å². The van der Waals surface area contributed by atoms with Crippen molar-refractivity contribution in [3.8, 4) is 0 Å². The van der Waals surface area contributed by atoms with Crippen molar-refractivity contribution in [2.24, 2.45) is 5.92 Å². The summed E-state index contributed by atoms with van der Waals surface area (Å²) in [4.78, 5) is 2.15. The molecule has 0 atom stereocenters. The summed E-state index contributed by atoms with van der Waals surface area (Å²) in [7, 11) is -3.33. The first-order chi connectivity index (χ1) is 11.3. The van der Waals surface area contributed by atoms with Crippen LogP contribution in [-0.2, 0) is 10.2 Å². The third kappa shape index (κ3) is 4.85. The Labute approximate surface area is 151 Å². The monoisotopic (exact) mass is 373 g/mol. The maximum Gasteiger partial charge on any atom is 0.282 e. The van der Waals surface area contributed by atoms with Gasteiger partial charge in [0.2, 0.25) is 0 Å². The fourth-order valence-electron chi connectivity index (χ4n) is 3.13. The van der Waals surface area contributed by atoms with Gasteiger partial charge in [0.05, 0.1) is 0 Å². The van der Waals surface area contributed by atoms with E-state index in [9.17, 15) is 8.42 Å². The molecule has 7 heteroatoms. The summed E-state index contributed by atoms with van der Waals surface area (Å²) in [5, 5.41) is 0.473. The summed E-state index contributed by atoms with van der Waals surface area (Å²) in [5.41, 5.74) is 0.973. The van der Waals surface area contributed by atoms with Gasteiger partial charge in [0.1, 0.15) is 0 Å². The van der Waals surface area contributed by atoms with E-state index in [2.05, 4.69) is 18.4 Å². The van der Waals surface area contributed by atoms with Crippen molar-refractivity contribution < 1.29 is 8.42 Å². The lowest BCUT2D eigenvalue weighted by atomic mass is 10.0. The molecule has 2 rings (SSSR count). The molecule has 0 N–H and O–H groups in total. The van der Waals surface area contributed by atoms with Gasteiger partial charge in [-0.25, -0.2) is 0 Å². The molecule has 0 radical (unpaired) electrons. The predicted octanol–water partition coefficient (Wildman–Crippen LogP) is 2.79. The summed E-state index contributed by atoms with van der Waals surface area (Å²) >= 11 is 5.90. The molecule has 0 aliphatic carbocycles. The number of halogens is 1. The minimum Gasteiger partial charge on any atom is -0.369 e. The highest BCUT2D eigenvalue weighted by molar-refractivity contribution is 7.86. The summed E-state index contributed by atoms with van der Waals surface area (Å²) in [6.07, 6.45) is 7.64. The number of hydrogen-bond acceptors (Lipinski definition) is 3. The summed E-state index contributed by atoms with van der Waals surface area (Å²) in [5.74, 6) is 0.616. The molecular weight excluding hydrogens is 346 g/mol. The van der Waals surface area contributed by atoms with Crippen LogP contribution in [0.1, 0.15) is 26.7 Å². The van der Waals surface area contributed by atoms with Crippen LogP contribution < -0.4 is 0 Å². The van der Waals surface area contributed by atoms with E-state index in [1.165, 1.54) is 0 Å². The van der Waals surface area contributed by atoms with Crippen molar-refractivity contribution in [3.05, 3.63) is 35.5 Å². The van der Waals surface area contributed by atoms with Gasteiger partial charge in [0.15, 0.2) is 0 Å². The van der Waals surface area contributed by atoms with Gasteiger partial charge in [0, 0.05) is 50.0 Å². The largest absolute Gasteiger partial charge is 0.369 e. The van der Waals surface area contributed by atoms with Gasteiger partial charge in [-0.05, 0) is 37.8 Å². The Morgan fingerprint density at radius 3 is 2.12 bits per heavy atom. The number of piperidine rings is 1. The van der Waals surface area contributed by atoms with E-state index < -0.39 is 10.2 Å². The fraction of sp³-hybridized carbons (Fsp3) is 0.647. The molecule has 136 valence electrons. The summed E-state index contributed by atoms with van der Waals surface area (Å²) < 4.78 is 28.9. The van der Waals surface area contributed by atoms with Gasteiger partial charge in [0.25, 0.3) is 10.2 Å². The fourth-order valence-corrected chi connectivity index (χ4v) is 4.87. The molecule has 0 spiro atoms. The maximum absolute atomic E-state index is 12.8. The van der Waals surface area contributed by atoms with Crippen LogP contribution in [0.3, 0.4) is 0 Å². The van der Waals surface area contributed by atoms with E-state index in [-0.39, 0.29) is 0 Å². The first kappa shape index (κ1) is 19.5. The second-order valence-electron chi connectivity index (χ2n) is 6.49. The van der Waals surface area contributed by atoms with Crippen LogP contribution >= 0.6 is 11.6 Å². The topological polar surface area (TPSA) is 43.9 Å². The Kier molecular flexibility index (Phi) is 6.92. The first-order valence-electron chi connectivity index (χ1n) is 8.53. The lowest BCUT2D eigenvalue weighted by molar-refractivity contribution is 0.210. The molecule has 2 fully saturated rings. The quantitative estimate of drug-likeness (QED) is 0.696. The summed E-state index contributed by atoms with van der Waals surface area (Å²) in [6, 6.07) is 0. The molecular formula is C17H28ClN3O2S. The Morgan fingerprint density at radius 2 is 1.62 bits per heavy atom. The van der Waals surface area contributed by atoms with Crippen LogP contribution in [0.25, 0.3) is 0 Å². The first-order valence-corrected chi connectivity index (χ1v) is 10.3. The molecule has 0 aromatic rings. The normalized spacial score (nSPS) is 23.1. The second kappa shape index (κ2) is 8.52. The minimum atomic E-state index is -3.33. The SMILES string of the molecule is C=C(Cl)/C=C(\C=C/C)N1CCN(S(=O)(=O)N2CCC(C)CC2)CC1. The zero-order chi connectivity index (χ0) is 17.7. The number of piperazine rings is 1. The van der Waals surface area contributed by atoms with Gasteiger partial charge in [-0.15, -0.1) is 0 Å².